The summed E-state index contributed by atoms with van der Waals surface area (Å²) >= 11 is 0. The summed E-state index contributed by atoms with van der Waals surface area (Å²) in [5, 5.41) is 0.920. The fourth-order valence-electron chi connectivity index (χ4n) is 2.75. The summed E-state index contributed by atoms with van der Waals surface area (Å²) in [6.07, 6.45) is 0. The average molecular weight is 317 g/mol. The van der Waals surface area contributed by atoms with Crippen molar-refractivity contribution in [3.63, 3.8) is 0 Å². The molecule has 2 heterocycles. The van der Waals surface area contributed by atoms with Crippen LogP contribution in [0.2, 0.25) is 0 Å². The highest BCUT2D eigenvalue weighted by Gasteiger charge is 2.26. The topological polar surface area (TPSA) is 93.5 Å². The number of furan rings is 1. The molecule has 0 radical (unpaired) electrons. The molecule has 4 rings (SSSR count). The molecule has 0 bridgehead atoms. The SMILES string of the molecule is Cc1ccc2oc3cc4nc(C)oc4c(S(=O)(=O)O)c3c2c1. The molecule has 0 saturated heterocycles. The van der Waals surface area contributed by atoms with E-state index in [0.29, 0.717) is 33.3 Å². The second-order valence-corrected chi connectivity index (χ2v) is 6.60. The van der Waals surface area contributed by atoms with Gasteiger partial charge in [-0.2, -0.15) is 8.42 Å². The Kier molecular flexibility index (Phi) is 2.47. The zero-order chi connectivity index (χ0) is 15.6. The minimum atomic E-state index is -4.51. The molecule has 7 heteroatoms. The maximum absolute atomic E-state index is 11.9. The van der Waals surface area contributed by atoms with Crippen molar-refractivity contribution < 1.29 is 21.8 Å². The molecule has 0 aliphatic rings. The summed E-state index contributed by atoms with van der Waals surface area (Å²) in [6.45, 7) is 3.50. The van der Waals surface area contributed by atoms with Gasteiger partial charge >= 0.3 is 0 Å². The zero-order valence-electron chi connectivity index (χ0n) is 11.7. The van der Waals surface area contributed by atoms with Gasteiger partial charge in [-0.15, -0.1) is 0 Å². The molecule has 2 aromatic heterocycles. The molecule has 0 atom stereocenters. The van der Waals surface area contributed by atoms with Crippen LogP contribution in [0.3, 0.4) is 0 Å². The van der Waals surface area contributed by atoms with Crippen LogP contribution in [0.4, 0.5) is 0 Å². The lowest BCUT2D eigenvalue weighted by Gasteiger charge is -2.00. The summed E-state index contributed by atoms with van der Waals surface area (Å²) in [4.78, 5) is 3.82. The molecule has 1 N–H and O–H groups in total. The van der Waals surface area contributed by atoms with Crippen LogP contribution in [0.1, 0.15) is 11.5 Å². The van der Waals surface area contributed by atoms with Crippen LogP contribution in [-0.4, -0.2) is 18.0 Å². The van der Waals surface area contributed by atoms with E-state index < -0.39 is 10.1 Å². The third-order valence-corrected chi connectivity index (χ3v) is 4.50. The van der Waals surface area contributed by atoms with Gasteiger partial charge in [0.1, 0.15) is 16.7 Å². The number of hydrogen-bond donors (Lipinski definition) is 1. The number of hydrogen-bond acceptors (Lipinski definition) is 5. The van der Waals surface area contributed by atoms with Crippen molar-refractivity contribution >= 4 is 43.2 Å². The van der Waals surface area contributed by atoms with E-state index in [2.05, 4.69) is 4.98 Å². The van der Waals surface area contributed by atoms with Crippen molar-refractivity contribution in [2.75, 3.05) is 0 Å². The predicted octanol–water partition coefficient (Wildman–Crippen LogP) is 3.59. The molecule has 0 fully saturated rings. The fraction of sp³-hybridized carbons (Fsp3) is 0.133. The summed E-state index contributed by atoms with van der Waals surface area (Å²) in [5.74, 6) is 0.313. The lowest BCUT2D eigenvalue weighted by atomic mass is 10.1. The number of nitrogens with zero attached hydrogens (tertiary/aromatic N) is 1. The van der Waals surface area contributed by atoms with Gasteiger partial charge < -0.3 is 8.83 Å². The second kappa shape index (κ2) is 4.08. The number of aryl methyl sites for hydroxylation is 2. The van der Waals surface area contributed by atoms with Crippen LogP contribution in [-0.2, 0) is 10.1 Å². The summed E-state index contributed by atoms with van der Waals surface area (Å²) in [5.41, 5.74) is 2.19. The molecule has 0 spiro atoms. The lowest BCUT2D eigenvalue weighted by molar-refractivity contribution is 0.481. The van der Waals surface area contributed by atoms with E-state index in [0.717, 1.165) is 5.56 Å². The molecule has 4 aromatic rings. The predicted molar refractivity (Wildman–Crippen MR) is 80.6 cm³/mol. The van der Waals surface area contributed by atoms with Gasteiger partial charge in [-0.05, 0) is 19.1 Å². The summed E-state index contributed by atoms with van der Waals surface area (Å²) in [6, 6.07) is 7.05. The van der Waals surface area contributed by atoms with Crippen LogP contribution in [0.5, 0.6) is 0 Å². The van der Waals surface area contributed by atoms with Gasteiger partial charge in [-0.1, -0.05) is 11.6 Å². The van der Waals surface area contributed by atoms with Crippen molar-refractivity contribution in [2.24, 2.45) is 0 Å². The first-order valence-corrected chi connectivity index (χ1v) is 7.99. The molecule has 2 aromatic carbocycles. The first kappa shape index (κ1) is 13.3. The smallest absolute Gasteiger partial charge is 0.299 e. The van der Waals surface area contributed by atoms with E-state index in [1.54, 1.807) is 19.1 Å². The Morgan fingerprint density at radius 2 is 1.86 bits per heavy atom. The van der Waals surface area contributed by atoms with Crippen molar-refractivity contribution in [1.29, 1.82) is 0 Å². The Bertz CT molecular complexity index is 1170. The third-order valence-electron chi connectivity index (χ3n) is 3.59. The van der Waals surface area contributed by atoms with Crippen LogP contribution in [0.15, 0.2) is 38.0 Å². The van der Waals surface area contributed by atoms with Crippen molar-refractivity contribution in [2.45, 2.75) is 18.7 Å². The normalized spacial score (nSPS) is 12.7. The molecule has 6 nitrogen and oxygen atoms in total. The van der Waals surface area contributed by atoms with Crippen molar-refractivity contribution in [1.82, 2.24) is 4.98 Å². The van der Waals surface area contributed by atoms with Crippen molar-refractivity contribution in [3.05, 3.63) is 35.7 Å². The molecule has 0 saturated carbocycles. The zero-order valence-corrected chi connectivity index (χ0v) is 12.6. The van der Waals surface area contributed by atoms with E-state index in [9.17, 15) is 13.0 Å². The number of aromatic nitrogens is 1. The van der Waals surface area contributed by atoms with Crippen LogP contribution in [0, 0.1) is 13.8 Å². The van der Waals surface area contributed by atoms with Gasteiger partial charge in [0.25, 0.3) is 10.1 Å². The van der Waals surface area contributed by atoms with Gasteiger partial charge in [0.05, 0.1) is 5.39 Å². The maximum Gasteiger partial charge on any atom is 0.299 e. The highest BCUT2D eigenvalue weighted by atomic mass is 32.2. The Labute approximate surface area is 125 Å². The Balaban J connectivity index is 2.38. The molecular formula is C15H11NO5S. The number of benzene rings is 2. The fourth-order valence-corrected chi connectivity index (χ4v) is 3.60. The van der Waals surface area contributed by atoms with Crippen LogP contribution >= 0.6 is 0 Å². The standard InChI is InChI=1S/C15H11NO5S/c1-7-3-4-11-9(5-7)13-12(21-11)6-10-14(20-8(2)16-10)15(13)22(17,18)19/h3-6H,1-2H3,(H,17,18,19). The minimum absolute atomic E-state index is 0.0386. The first-order valence-electron chi connectivity index (χ1n) is 6.55. The Morgan fingerprint density at radius 1 is 1.09 bits per heavy atom. The van der Waals surface area contributed by atoms with Gasteiger partial charge in [0.2, 0.25) is 0 Å². The highest BCUT2D eigenvalue weighted by molar-refractivity contribution is 7.86. The lowest BCUT2D eigenvalue weighted by Crippen LogP contribution is -1.99. The molecule has 0 aliphatic heterocycles. The summed E-state index contributed by atoms with van der Waals surface area (Å²) in [7, 11) is -4.51. The number of oxazole rings is 1. The van der Waals surface area contributed by atoms with E-state index in [-0.39, 0.29) is 10.5 Å². The number of fused-ring (bicyclic) bond motifs is 4. The second-order valence-electron chi connectivity index (χ2n) is 5.24. The third kappa shape index (κ3) is 1.76. The number of rotatable bonds is 1. The minimum Gasteiger partial charge on any atom is -0.456 e. The molecule has 0 amide bonds. The molecule has 22 heavy (non-hydrogen) atoms. The first-order chi connectivity index (χ1) is 10.3. The molecule has 112 valence electrons. The molecular weight excluding hydrogens is 306 g/mol. The van der Waals surface area contributed by atoms with E-state index in [1.807, 2.05) is 19.1 Å². The van der Waals surface area contributed by atoms with Crippen LogP contribution < -0.4 is 0 Å². The average Bonchev–Trinajstić information content (AvgIpc) is 2.93. The Hall–Kier alpha value is -2.38. The largest absolute Gasteiger partial charge is 0.456 e. The van der Waals surface area contributed by atoms with Gasteiger partial charge in [-0.3, -0.25) is 4.55 Å². The highest BCUT2D eigenvalue weighted by Crippen LogP contribution is 2.38. The van der Waals surface area contributed by atoms with Crippen molar-refractivity contribution in [3.8, 4) is 0 Å². The van der Waals surface area contributed by atoms with E-state index in [4.69, 9.17) is 8.83 Å². The maximum atomic E-state index is 11.9. The molecule has 0 aliphatic carbocycles. The summed E-state index contributed by atoms with van der Waals surface area (Å²) < 4.78 is 44.6. The van der Waals surface area contributed by atoms with Gasteiger partial charge in [-0.25, -0.2) is 4.98 Å². The monoisotopic (exact) mass is 317 g/mol. The molecule has 0 unspecified atom stereocenters. The van der Waals surface area contributed by atoms with E-state index in [1.165, 1.54) is 0 Å². The quantitative estimate of drug-likeness (QED) is 0.539. The van der Waals surface area contributed by atoms with E-state index >= 15 is 0 Å². The van der Waals surface area contributed by atoms with Gasteiger partial charge in [0.15, 0.2) is 16.4 Å². The Morgan fingerprint density at radius 3 is 2.59 bits per heavy atom. The van der Waals surface area contributed by atoms with Gasteiger partial charge in [0, 0.05) is 18.4 Å². The van der Waals surface area contributed by atoms with Crippen LogP contribution in [0.25, 0.3) is 33.0 Å².